The first-order chi connectivity index (χ1) is 10.4. The number of carbonyl (C=O) groups is 1. The summed E-state index contributed by atoms with van der Waals surface area (Å²) in [6.45, 7) is 4.34. The second kappa shape index (κ2) is 7.52. The van der Waals surface area contributed by atoms with Gasteiger partial charge in [-0.1, -0.05) is 29.3 Å². The van der Waals surface area contributed by atoms with Crippen molar-refractivity contribution < 1.29 is 9.53 Å². The number of amides is 1. The minimum absolute atomic E-state index is 0.136. The SMILES string of the molecule is Cc1cc(C)cc(OCCC(=O)Nc2ccc(Cl)c(Cl)c2)c1. The standard InChI is InChI=1S/C17H17Cl2NO2/c1-11-7-12(2)9-14(8-11)22-6-5-17(21)20-13-3-4-15(18)16(19)10-13/h3-4,7-10H,5-6H2,1-2H3,(H,20,21). The molecule has 0 fully saturated rings. The highest BCUT2D eigenvalue weighted by molar-refractivity contribution is 6.42. The van der Waals surface area contributed by atoms with Gasteiger partial charge in [0.25, 0.3) is 0 Å². The van der Waals surface area contributed by atoms with Crippen LogP contribution in [0, 0.1) is 13.8 Å². The van der Waals surface area contributed by atoms with Crippen molar-refractivity contribution >= 4 is 34.8 Å². The monoisotopic (exact) mass is 337 g/mol. The molecule has 0 aliphatic rings. The number of halogens is 2. The van der Waals surface area contributed by atoms with E-state index in [1.165, 1.54) is 0 Å². The average Bonchev–Trinajstić information content (AvgIpc) is 2.42. The highest BCUT2D eigenvalue weighted by Crippen LogP contribution is 2.25. The molecule has 0 aliphatic carbocycles. The lowest BCUT2D eigenvalue weighted by molar-refractivity contribution is -0.116. The summed E-state index contributed by atoms with van der Waals surface area (Å²) >= 11 is 11.7. The Morgan fingerprint density at radius 2 is 1.73 bits per heavy atom. The predicted molar refractivity (Wildman–Crippen MR) is 91.1 cm³/mol. The molecule has 3 nitrogen and oxygen atoms in total. The van der Waals surface area contributed by atoms with E-state index in [1.807, 2.05) is 26.0 Å². The normalized spacial score (nSPS) is 10.4. The number of ether oxygens (including phenoxy) is 1. The Morgan fingerprint density at radius 1 is 1.05 bits per heavy atom. The molecule has 1 N–H and O–H groups in total. The van der Waals surface area contributed by atoms with Crippen LogP contribution in [0.25, 0.3) is 0 Å². The summed E-state index contributed by atoms with van der Waals surface area (Å²) in [6, 6.07) is 10.9. The molecule has 2 aromatic rings. The Balaban J connectivity index is 1.83. The van der Waals surface area contributed by atoms with E-state index in [2.05, 4.69) is 11.4 Å². The summed E-state index contributed by atoms with van der Waals surface area (Å²) in [5.41, 5.74) is 2.89. The fourth-order valence-electron chi connectivity index (χ4n) is 2.08. The topological polar surface area (TPSA) is 38.3 Å². The van der Waals surface area contributed by atoms with Crippen molar-refractivity contribution in [2.45, 2.75) is 20.3 Å². The number of rotatable bonds is 5. The van der Waals surface area contributed by atoms with Crippen LogP contribution < -0.4 is 10.1 Å². The molecule has 0 bridgehead atoms. The summed E-state index contributed by atoms with van der Waals surface area (Å²) in [4.78, 5) is 11.9. The van der Waals surface area contributed by atoms with Gasteiger partial charge < -0.3 is 10.1 Å². The Bertz CT molecular complexity index is 666. The molecule has 0 radical (unpaired) electrons. The molecular formula is C17H17Cl2NO2. The zero-order valence-electron chi connectivity index (χ0n) is 12.5. The molecule has 0 aromatic heterocycles. The summed E-state index contributed by atoms with van der Waals surface area (Å²) in [7, 11) is 0. The van der Waals surface area contributed by atoms with Gasteiger partial charge in [-0.05, 0) is 55.3 Å². The Morgan fingerprint density at radius 3 is 2.36 bits per heavy atom. The van der Waals surface area contributed by atoms with Crippen LogP contribution in [0.5, 0.6) is 5.75 Å². The number of benzene rings is 2. The zero-order valence-corrected chi connectivity index (χ0v) is 14.0. The van der Waals surface area contributed by atoms with Crippen LogP contribution >= 0.6 is 23.2 Å². The molecule has 0 saturated carbocycles. The fourth-order valence-corrected chi connectivity index (χ4v) is 2.37. The number of hydrogen-bond acceptors (Lipinski definition) is 2. The summed E-state index contributed by atoms with van der Waals surface area (Å²) in [5.74, 6) is 0.641. The zero-order chi connectivity index (χ0) is 16.1. The van der Waals surface area contributed by atoms with E-state index in [1.54, 1.807) is 18.2 Å². The van der Waals surface area contributed by atoms with Gasteiger partial charge in [0.1, 0.15) is 5.75 Å². The highest BCUT2D eigenvalue weighted by Gasteiger charge is 2.05. The largest absolute Gasteiger partial charge is 0.493 e. The lowest BCUT2D eigenvalue weighted by Crippen LogP contribution is -2.15. The lowest BCUT2D eigenvalue weighted by Gasteiger charge is -2.09. The Hall–Kier alpha value is -1.71. The van der Waals surface area contributed by atoms with Gasteiger partial charge in [0.15, 0.2) is 0 Å². The van der Waals surface area contributed by atoms with Crippen molar-refractivity contribution in [3.8, 4) is 5.75 Å². The predicted octanol–water partition coefficient (Wildman–Crippen LogP) is 5.02. The molecule has 0 unspecified atom stereocenters. The molecule has 0 heterocycles. The maximum absolute atomic E-state index is 11.9. The minimum Gasteiger partial charge on any atom is -0.493 e. The van der Waals surface area contributed by atoms with Gasteiger partial charge in [0.05, 0.1) is 23.1 Å². The van der Waals surface area contributed by atoms with Crippen molar-refractivity contribution in [1.82, 2.24) is 0 Å². The Labute approximate surface area is 140 Å². The molecule has 116 valence electrons. The molecule has 0 spiro atoms. The molecule has 22 heavy (non-hydrogen) atoms. The van der Waals surface area contributed by atoms with Crippen molar-refractivity contribution in [2.24, 2.45) is 0 Å². The molecular weight excluding hydrogens is 321 g/mol. The van der Waals surface area contributed by atoms with Crippen LogP contribution in [0.4, 0.5) is 5.69 Å². The van der Waals surface area contributed by atoms with Gasteiger partial charge in [-0.25, -0.2) is 0 Å². The van der Waals surface area contributed by atoms with Gasteiger partial charge in [-0.2, -0.15) is 0 Å². The number of hydrogen-bond donors (Lipinski definition) is 1. The van der Waals surface area contributed by atoms with E-state index in [9.17, 15) is 4.79 Å². The summed E-state index contributed by atoms with van der Waals surface area (Å²) in [6.07, 6.45) is 0.257. The maximum Gasteiger partial charge on any atom is 0.227 e. The number of aryl methyl sites for hydroxylation is 2. The van der Waals surface area contributed by atoms with E-state index in [0.29, 0.717) is 22.3 Å². The van der Waals surface area contributed by atoms with Gasteiger partial charge in [0.2, 0.25) is 5.91 Å². The van der Waals surface area contributed by atoms with Crippen LogP contribution in [-0.4, -0.2) is 12.5 Å². The third-order valence-corrected chi connectivity index (χ3v) is 3.74. The van der Waals surface area contributed by atoms with Crippen LogP contribution in [0.1, 0.15) is 17.5 Å². The van der Waals surface area contributed by atoms with Gasteiger partial charge in [-0.3, -0.25) is 4.79 Å². The fraction of sp³-hybridized carbons (Fsp3) is 0.235. The van der Waals surface area contributed by atoms with E-state index >= 15 is 0 Å². The number of anilines is 1. The quantitative estimate of drug-likeness (QED) is 0.831. The van der Waals surface area contributed by atoms with E-state index in [-0.39, 0.29) is 12.3 Å². The number of nitrogens with one attached hydrogen (secondary N) is 1. The first-order valence-electron chi connectivity index (χ1n) is 6.90. The number of carbonyl (C=O) groups excluding carboxylic acids is 1. The van der Waals surface area contributed by atoms with E-state index < -0.39 is 0 Å². The first kappa shape index (κ1) is 16.7. The maximum atomic E-state index is 11.9. The molecule has 0 aliphatic heterocycles. The van der Waals surface area contributed by atoms with Crippen molar-refractivity contribution in [1.29, 1.82) is 0 Å². The van der Waals surface area contributed by atoms with Crippen LogP contribution in [0.3, 0.4) is 0 Å². The molecule has 5 heteroatoms. The second-order valence-electron chi connectivity index (χ2n) is 5.10. The third kappa shape index (κ3) is 4.93. The van der Waals surface area contributed by atoms with E-state index in [4.69, 9.17) is 27.9 Å². The van der Waals surface area contributed by atoms with Crippen LogP contribution in [-0.2, 0) is 4.79 Å². The summed E-state index contributed by atoms with van der Waals surface area (Å²) in [5, 5.41) is 3.62. The second-order valence-corrected chi connectivity index (χ2v) is 5.91. The minimum atomic E-state index is -0.136. The highest BCUT2D eigenvalue weighted by atomic mass is 35.5. The van der Waals surface area contributed by atoms with E-state index in [0.717, 1.165) is 16.9 Å². The third-order valence-electron chi connectivity index (χ3n) is 3.00. The van der Waals surface area contributed by atoms with Crippen LogP contribution in [0.2, 0.25) is 10.0 Å². The van der Waals surface area contributed by atoms with Crippen molar-refractivity contribution in [2.75, 3.05) is 11.9 Å². The summed E-state index contributed by atoms with van der Waals surface area (Å²) < 4.78 is 5.61. The molecule has 1 amide bonds. The van der Waals surface area contributed by atoms with Gasteiger partial charge in [-0.15, -0.1) is 0 Å². The van der Waals surface area contributed by atoms with Gasteiger partial charge in [0, 0.05) is 5.69 Å². The molecule has 0 atom stereocenters. The van der Waals surface area contributed by atoms with Crippen LogP contribution in [0.15, 0.2) is 36.4 Å². The average molecular weight is 338 g/mol. The molecule has 2 aromatic carbocycles. The first-order valence-corrected chi connectivity index (χ1v) is 7.65. The lowest BCUT2D eigenvalue weighted by atomic mass is 10.1. The van der Waals surface area contributed by atoms with Crippen molar-refractivity contribution in [3.63, 3.8) is 0 Å². The Kier molecular flexibility index (Phi) is 5.69. The molecule has 2 rings (SSSR count). The molecule has 0 saturated heterocycles. The van der Waals surface area contributed by atoms with Gasteiger partial charge >= 0.3 is 0 Å². The smallest absolute Gasteiger partial charge is 0.227 e. The van der Waals surface area contributed by atoms with Crippen molar-refractivity contribution in [3.05, 3.63) is 57.6 Å².